The van der Waals surface area contributed by atoms with Gasteiger partial charge in [0, 0.05) is 43.6 Å². The van der Waals surface area contributed by atoms with Crippen molar-refractivity contribution in [2.75, 3.05) is 13.2 Å². The predicted molar refractivity (Wildman–Crippen MR) is 143 cm³/mol. The second-order valence-electron chi connectivity index (χ2n) is 10.7. The fraction of sp³-hybridized carbons (Fsp3) is 0.379. The van der Waals surface area contributed by atoms with Crippen LogP contribution in [0.2, 0.25) is 0 Å². The summed E-state index contributed by atoms with van der Waals surface area (Å²) in [5, 5.41) is 20.2. The molecule has 0 radical (unpaired) electrons. The largest absolute Gasteiger partial charge is 0.386 e. The molecule has 1 aliphatic rings. The molecular weight excluding hydrogens is 483 g/mol. The summed E-state index contributed by atoms with van der Waals surface area (Å²) in [4.78, 5) is 9.48. The number of benzene rings is 1. The van der Waals surface area contributed by atoms with Gasteiger partial charge in [-0.2, -0.15) is 0 Å². The highest BCUT2D eigenvalue weighted by Crippen LogP contribution is 2.42. The number of aliphatic hydroxyl groups is 1. The minimum Gasteiger partial charge on any atom is -0.386 e. The van der Waals surface area contributed by atoms with Crippen LogP contribution in [-0.2, 0) is 17.4 Å². The Morgan fingerprint density at radius 2 is 1.89 bits per heavy atom. The monoisotopic (exact) mass is 514 g/mol. The zero-order valence-corrected chi connectivity index (χ0v) is 22.0. The molecule has 0 spiro atoms. The average molecular weight is 515 g/mol. The van der Waals surface area contributed by atoms with Crippen molar-refractivity contribution in [2.45, 2.75) is 45.3 Å². The fourth-order valence-electron chi connectivity index (χ4n) is 5.77. The summed E-state index contributed by atoms with van der Waals surface area (Å²) >= 11 is 0. The molecule has 0 saturated carbocycles. The molecule has 0 bridgehead atoms. The molecule has 9 heteroatoms. The molecule has 1 N–H and O–H groups in total. The molecule has 0 aliphatic carbocycles. The molecule has 6 rings (SSSR count). The number of aryl methyl sites for hydroxylation is 2. The number of hydrogen-bond acceptors (Lipinski definition) is 6. The van der Waals surface area contributed by atoms with Gasteiger partial charge in [0.05, 0.1) is 45.3 Å². The summed E-state index contributed by atoms with van der Waals surface area (Å²) in [6.45, 7) is 6.69. The van der Waals surface area contributed by atoms with E-state index in [1.54, 1.807) is 30.8 Å². The van der Waals surface area contributed by atoms with Crippen LogP contribution in [0, 0.1) is 18.7 Å². The number of halogens is 1. The summed E-state index contributed by atoms with van der Waals surface area (Å²) in [7, 11) is 1.86. The smallest absolute Gasteiger partial charge is 0.146 e. The minimum atomic E-state index is -1.05. The van der Waals surface area contributed by atoms with Crippen molar-refractivity contribution in [1.29, 1.82) is 0 Å². The maximum atomic E-state index is 15.5. The van der Waals surface area contributed by atoms with Gasteiger partial charge in [-0.25, -0.2) is 9.07 Å². The Kier molecular flexibility index (Phi) is 6.00. The third-order valence-electron chi connectivity index (χ3n) is 7.67. The minimum absolute atomic E-state index is 0.0986. The topological polar surface area (TPSA) is 90.9 Å². The lowest BCUT2D eigenvalue weighted by Crippen LogP contribution is -2.28. The van der Waals surface area contributed by atoms with Gasteiger partial charge in [0.1, 0.15) is 5.82 Å². The third kappa shape index (κ3) is 4.06. The zero-order valence-electron chi connectivity index (χ0n) is 22.0. The fourth-order valence-corrected chi connectivity index (χ4v) is 5.77. The van der Waals surface area contributed by atoms with Crippen molar-refractivity contribution >= 4 is 21.9 Å². The number of nitrogens with zero attached hydrogens (tertiary/aromatic N) is 6. The highest BCUT2D eigenvalue weighted by molar-refractivity contribution is 6.07. The van der Waals surface area contributed by atoms with Gasteiger partial charge < -0.3 is 14.4 Å². The lowest BCUT2D eigenvalue weighted by molar-refractivity contribution is 0.0542. The van der Waals surface area contributed by atoms with E-state index >= 15 is 4.39 Å². The van der Waals surface area contributed by atoms with E-state index in [0.717, 1.165) is 57.3 Å². The molecule has 38 heavy (non-hydrogen) atoms. The Bertz CT molecular complexity index is 1630. The van der Waals surface area contributed by atoms with E-state index in [-0.39, 0.29) is 17.8 Å². The van der Waals surface area contributed by atoms with Gasteiger partial charge in [-0.05, 0) is 69.4 Å². The molecule has 5 heterocycles. The van der Waals surface area contributed by atoms with E-state index < -0.39 is 5.60 Å². The van der Waals surface area contributed by atoms with Crippen LogP contribution >= 0.6 is 0 Å². The van der Waals surface area contributed by atoms with Gasteiger partial charge in [0.15, 0.2) is 0 Å². The normalized spacial score (nSPS) is 15.9. The van der Waals surface area contributed by atoms with Gasteiger partial charge in [-0.3, -0.25) is 9.97 Å². The van der Waals surface area contributed by atoms with Gasteiger partial charge >= 0.3 is 0 Å². The van der Waals surface area contributed by atoms with Crippen LogP contribution in [0.1, 0.15) is 49.7 Å². The summed E-state index contributed by atoms with van der Waals surface area (Å²) in [6.07, 6.45) is 5.05. The molecule has 1 atom stereocenters. The lowest BCUT2D eigenvalue weighted by Gasteiger charge is -2.32. The highest BCUT2D eigenvalue weighted by atomic mass is 19.1. The van der Waals surface area contributed by atoms with Gasteiger partial charge in [0.2, 0.25) is 0 Å². The molecule has 1 fully saturated rings. The standard InChI is InChI=1S/C29H31FN6O2/c1-17-27(35(4)34-33-17)19-14-24-25(32-16-19)21-8-7-20(29(2,3)37)15-23(21)36(24)28(18-9-12-38-13-10-18)26-22(30)6-5-11-31-26/h5-8,11,14-16,18,28,37H,9-10,12-13H2,1-4H3. The van der Waals surface area contributed by atoms with Crippen molar-refractivity contribution < 1.29 is 14.2 Å². The maximum absolute atomic E-state index is 15.5. The quantitative estimate of drug-likeness (QED) is 0.352. The molecule has 5 aromatic rings. The average Bonchev–Trinajstić information content (AvgIpc) is 3.41. The second-order valence-corrected chi connectivity index (χ2v) is 10.7. The molecule has 4 aromatic heterocycles. The number of rotatable bonds is 5. The Morgan fingerprint density at radius 3 is 2.58 bits per heavy atom. The Hall–Kier alpha value is -3.69. The summed E-state index contributed by atoms with van der Waals surface area (Å²) in [5.41, 5.74) is 5.24. The van der Waals surface area contributed by atoms with Crippen molar-refractivity contribution in [3.05, 3.63) is 71.6 Å². The molecule has 0 amide bonds. The number of aromatic nitrogens is 6. The van der Waals surface area contributed by atoms with Crippen molar-refractivity contribution in [1.82, 2.24) is 29.5 Å². The van der Waals surface area contributed by atoms with E-state index in [4.69, 9.17) is 9.72 Å². The van der Waals surface area contributed by atoms with Crippen LogP contribution in [0.25, 0.3) is 33.2 Å². The van der Waals surface area contributed by atoms with Crippen LogP contribution in [0.15, 0.2) is 48.8 Å². The Labute approximate surface area is 220 Å². The molecule has 8 nitrogen and oxygen atoms in total. The van der Waals surface area contributed by atoms with Gasteiger partial charge in [-0.15, -0.1) is 5.10 Å². The van der Waals surface area contributed by atoms with Crippen molar-refractivity contribution in [3.63, 3.8) is 0 Å². The SMILES string of the molecule is Cc1nnn(C)c1-c1cnc2c3ccc(C(C)(C)O)cc3n(C(c3ncccc3F)C3CCOCC3)c2c1. The van der Waals surface area contributed by atoms with E-state index in [9.17, 15) is 5.11 Å². The molecule has 1 aliphatic heterocycles. The van der Waals surface area contributed by atoms with Crippen LogP contribution in [0.4, 0.5) is 4.39 Å². The first-order valence-corrected chi connectivity index (χ1v) is 13.0. The first kappa shape index (κ1) is 24.6. The third-order valence-corrected chi connectivity index (χ3v) is 7.67. The molecule has 196 valence electrons. The molecule has 1 aromatic carbocycles. The van der Waals surface area contributed by atoms with Gasteiger partial charge in [-0.1, -0.05) is 17.3 Å². The first-order chi connectivity index (χ1) is 18.2. The van der Waals surface area contributed by atoms with Crippen molar-refractivity contribution in [2.24, 2.45) is 13.0 Å². The van der Waals surface area contributed by atoms with Crippen LogP contribution in [0.5, 0.6) is 0 Å². The molecule has 1 unspecified atom stereocenters. The first-order valence-electron chi connectivity index (χ1n) is 13.0. The molecule has 1 saturated heterocycles. The van der Waals surface area contributed by atoms with E-state index in [1.807, 2.05) is 38.4 Å². The highest BCUT2D eigenvalue weighted by Gasteiger charge is 2.33. The van der Waals surface area contributed by atoms with Crippen LogP contribution in [-0.4, -0.2) is 47.8 Å². The van der Waals surface area contributed by atoms with E-state index in [0.29, 0.717) is 18.9 Å². The lowest BCUT2D eigenvalue weighted by atomic mass is 9.88. The second kappa shape index (κ2) is 9.25. The predicted octanol–water partition coefficient (Wildman–Crippen LogP) is 5.07. The van der Waals surface area contributed by atoms with E-state index in [1.165, 1.54) is 6.07 Å². The van der Waals surface area contributed by atoms with E-state index in [2.05, 4.69) is 25.9 Å². The summed E-state index contributed by atoms with van der Waals surface area (Å²) < 4.78 is 25.1. The molecular formula is C29H31FN6O2. The van der Waals surface area contributed by atoms with Crippen LogP contribution in [0.3, 0.4) is 0 Å². The maximum Gasteiger partial charge on any atom is 0.146 e. The Balaban J connectivity index is 1.71. The number of ether oxygens (including phenoxy) is 1. The van der Waals surface area contributed by atoms with Gasteiger partial charge in [0.25, 0.3) is 0 Å². The summed E-state index contributed by atoms with van der Waals surface area (Å²) in [6, 6.07) is 10.7. The zero-order chi connectivity index (χ0) is 26.6. The Morgan fingerprint density at radius 1 is 1.11 bits per heavy atom. The number of pyridine rings is 2. The number of hydrogen-bond donors (Lipinski definition) is 1. The van der Waals surface area contributed by atoms with Crippen molar-refractivity contribution in [3.8, 4) is 11.3 Å². The van der Waals surface area contributed by atoms with Crippen LogP contribution < -0.4 is 0 Å². The summed E-state index contributed by atoms with van der Waals surface area (Å²) in [5.74, 6) is -0.241. The number of fused-ring (bicyclic) bond motifs is 3.